The van der Waals surface area contributed by atoms with Crippen LogP contribution in [0.3, 0.4) is 0 Å². The third-order valence-electron chi connectivity index (χ3n) is 4.36. The summed E-state index contributed by atoms with van der Waals surface area (Å²) < 4.78 is 16.2. The molecule has 0 saturated heterocycles. The Morgan fingerprint density at radius 3 is 2.72 bits per heavy atom. The van der Waals surface area contributed by atoms with Crippen molar-refractivity contribution in [3.05, 3.63) is 63.9 Å². The van der Waals surface area contributed by atoms with Gasteiger partial charge in [-0.2, -0.15) is 0 Å². The molecule has 29 heavy (non-hydrogen) atoms. The largest absolute Gasteiger partial charge is 0.356 e. The van der Waals surface area contributed by atoms with Crippen molar-refractivity contribution in [1.29, 1.82) is 0 Å². The zero-order valence-corrected chi connectivity index (χ0v) is 19.9. The maximum Gasteiger partial charge on any atom is 0.191 e. The van der Waals surface area contributed by atoms with Gasteiger partial charge in [-0.05, 0) is 31.0 Å². The summed E-state index contributed by atoms with van der Waals surface area (Å²) in [6.07, 6.45) is 7.22. The van der Waals surface area contributed by atoms with Crippen LogP contribution in [-0.4, -0.2) is 34.1 Å². The molecule has 0 saturated carbocycles. The minimum Gasteiger partial charge on any atom is -0.356 e. The van der Waals surface area contributed by atoms with Gasteiger partial charge < -0.3 is 15.2 Å². The number of benzene rings is 1. The average molecular weight is 528 g/mol. The van der Waals surface area contributed by atoms with Gasteiger partial charge in [-0.1, -0.05) is 13.0 Å². The number of rotatable bonds is 7. The second-order valence-corrected chi connectivity index (χ2v) is 7.51. The van der Waals surface area contributed by atoms with Crippen molar-refractivity contribution in [2.45, 2.75) is 33.2 Å². The highest BCUT2D eigenvalue weighted by molar-refractivity contribution is 14.0. The molecule has 0 atom stereocenters. The van der Waals surface area contributed by atoms with Gasteiger partial charge in [0.2, 0.25) is 0 Å². The van der Waals surface area contributed by atoms with E-state index in [-0.39, 0.29) is 29.8 Å². The van der Waals surface area contributed by atoms with E-state index in [4.69, 9.17) is 0 Å². The molecule has 6 nitrogen and oxygen atoms in total. The van der Waals surface area contributed by atoms with Gasteiger partial charge in [0, 0.05) is 50.0 Å². The molecular formula is C20H26FIN6S. The van der Waals surface area contributed by atoms with E-state index in [0.29, 0.717) is 18.2 Å². The molecule has 0 aliphatic carbocycles. The Morgan fingerprint density at radius 1 is 1.28 bits per heavy atom. The fourth-order valence-corrected chi connectivity index (χ4v) is 3.67. The monoisotopic (exact) mass is 528 g/mol. The topological polar surface area (TPSA) is 67.1 Å². The van der Waals surface area contributed by atoms with Crippen LogP contribution in [0.1, 0.15) is 28.2 Å². The van der Waals surface area contributed by atoms with Crippen LogP contribution in [0.5, 0.6) is 0 Å². The van der Waals surface area contributed by atoms with Crippen LogP contribution in [0.25, 0.3) is 5.69 Å². The fourth-order valence-electron chi connectivity index (χ4n) is 2.81. The van der Waals surface area contributed by atoms with Crippen molar-refractivity contribution < 1.29 is 4.39 Å². The van der Waals surface area contributed by atoms with Crippen LogP contribution in [-0.2, 0) is 19.4 Å². The van der Waals surface area contributed by atoms with Crippen molar-refractivity contribution in [2.75, 3.05) is 13.6 Å². The molecule has 1 aromatic carbocycles. The van der Waals surface area contributed by atoms with Gasteiger partial charge in [0.25, 0.3) is 0 Å². The number of thiazole rings is 1. The molecule has 0 unspecified atom stereocenters. The normalized spacial score (nSPS) is 11.2. The first-order valence-electron chi connectivity index (χ1n) is 9.27. The molecule has 3 rings (SSSR count). The molecule has 3 aromatic rings. The summed E-state index contributed by atoms with van der Waals surface area (Å²) in [5.74, 6) is 1.15. The van der Waals surface area contributed by atoms with E-state index in [1.165, 1.54) is 10.9 Å². The predicted molar refractivity (Wildman–Crippen MR) is 127 cm³/mol. The molecule has 2 N–H and O–H groups in total. The Bertz CT molecular complexity index is 952. The van der Waals surface area contributed by atoms with E-state index in [9.17, 15) is 4.39 Å². The van der Waals surface area contributed by atoms with E-state index in [1.807, 2.05) is 19.2 Å². The minimum atomic E-state index is -0.279. The number of halogens is 2. The molecule has 9 heteroatoms. The van der Waals surface area contributed by atoms with Gasteiger partial charge in [-0.15, -0.1) is 35.3 Å². The predicted octanol–water partition coefficient (Wildman–Crippen LogP) is 3.86. The highest BCUT2D eigenvalue weighted by Crippen LogP contribution is 2.17. The van der Waals surface area contributed by atoms with E-state index < -0.39 is 0 Å². The van der Waals surface area contributed by atoms with Gasteiger partial charge in [0.15, 0.2) is 5.96 Å². The summed E-state index contributed by atoms with van der Waals surface area (Å²) >= 11 is 1.75. The van der Waals surface area contributed by atoms with E-state index >= 15 is 0 Å². The number of hydrogen-bond donors (Lipinski definition) is 2. The highest BCUT2D eigenvalue weighted by Gasteiger charge is 2.08. The summed E-state index contributed by atoms with van der Waals surface area (Å²) in [5.41, 5.74) is 1.34. The lowest BCUT2D eigenvalue weighted by Gasteiger charge is -2.13. The SMILES string of the molecule is CCc1cnc(CCNC(=NC)NCc2ccc(-n3ccnc3C)c(F)c2)s1.I. The average Bonchev–Trinajstić information content (AvgIpc) is 3.33. The van der Waals surface area contributed by atoms with Crippen LogP contribution in [0, 0.1) is 12.7 Å². The van der Waals surface area contributed by atoms with Crippen molar-refractivity contribution in [3.63, 3.8) is 0 Å². The van der Waals surface area contributed by atoms with Crippen LogP contribution < -0.4 is 10.6 Å². The summed E-state index contributed by atoms with van der Waals surface area (Å²) in [6.45, 7) is 5.20. The van der Waals surface area contributed by atoms with Crippen LogP contribution in [0.4, 0.5) is 4.39 Å². The van der Waals surface area contributed by atoms with E-state index in [1.54, 1.807) is 41.4 Å². The molecule has 0 aliphatic heterocycles. The van der Waals surface area contributed by atoms with Crippen molar-refractivity contribution >= 4 is 41.3 Å². The molecule has 156 valence electrons. The Labute approximate surface area is 191 Å². The molecule has 0 aliphatic rings. The molecule has 0 amide bonds. The molecule has 0 radical (unpaired) electrons. The summed E-state index contributed by atoms with van der Waals surface area (Å²) in [4.78, 5) is 14.1. The number of imidazole rings is 1. The fraction of sp³-hybridized carbons (Fsp3) is 0.350. The summed E-state index contributed by atoms with van der Waals surface area (Å²) in [5, 5.41) is 7.61. The van der Waals surface area contributed by atoms with Crippen molar-refractivity contribution in [2.24, 2.45) is 4.99 Å². The first-order chi connectivity index (χ1) is 13.6. The summed E-state index contributed by atoms with van der Waals surface area (Å²) in [7, 11) is 1.72. The first-order valence-corrected chi connectivity index (χ1v) is 10.1. The number of guanidine groups is 1. The number of aryl methyl sites for hydroxylation is 2. The van der Waals surface area contributed by atoms with Crippen LogP contribution >= 0.6 is 35.3 Å². The first kappa shape index (κ1) is 23.3. The Kier molecular flexibility index (Phi) is 9.02. The van der Waals surface area contributed by atoms with Crippen LogP contribution in [0.2, 0.25) is 0 Å². The second kappa shape index (κ2) is 11.2. The zero-order valence-electron chi connectivity index (χ0n) is 16.8. The maximum absolute atomic E-state index is 14.5. The smallest absolute Gasteiger partial charge is 0.191 e. The van der Waals surface area contributed by atoms with Gasteiger partial charge in [-0.3, -0.25) is 4.99 Å². The molecule has 0 spiro atoms. The second-order valence-electron chi connectivity index (χ2n) is 6.31. The third-order valence-corrected chi connectivity index (χ3v) is 5.56. The number of aromatic nitrogens is 3. The van der Waals surface area contributed by atoms with E-state index in [0.717, 1.165) is 35.8 Å². The third kappa shape index (κ3) is 6.23. The summed E-state index contributed by atoms with van der Waals surface area (Å²) in [6, 6.07) is 5.21. The molecule has 2 heterocycles. The van der Waals surface area contributed by atoms with Crippen molar-refractivity contribution in [1.82, 2.24) is 25.2 Å². The lowest BCUT2D eigenvalue weighted by molar-refractivity contribution is 0.613. The van der Waals surface area contributed by atoms with Gasteiger partial charge in [-0.25, -0.2) is 14.4 Å². The highest BCUT2D eigenvalue weighted by atomic mass is 127. The molecular weight excluding hydrogens is 502 g/mol. The Balaban J connectivity index is 0.00000300. The van der Waals surface area contributed by atoms with Gasteiger partial charge >= 0.3 is 0 Å². The Morgan fingerprint density at radius 2 is 2.10 bits per heavy atom. The van der Waals surface area contributed by atoms with Gasteiger partial charge in [0.05, 0.1) is 10.7 Å². The molecule has 0 bridgehead atoms. The standard InChI is InChI=1S/C20H25FN6S.HI/c1-4-16-13-25-19(28-16)7-8-24-20(22-3)26-12-15-5-6-18(17(21)11-15)27-10-9-23-14(27)2;/h5-6,9-11,13H,4,7-8,12H2,1-3H3,(H2,22,24,26);1H. The van der Waals surface area contributed by atoms with Crippen LogP contribution in [0.15, 0.2) is 41.8 Å². The maximum atomic E-state index is 14.5. The molecule has 0 fully saturated rings. The lowest BCUT2D eigenvalue weighted by atomic mass is 10.2. The van der Waals surface area contributed by atoms with Gasteiger partial charge in [0.1, 0.15) is 11.6 Å². The lowest BCUT2D eigenvalue weighted by Crippen LogP contribution is -2.37. The number of aliphatic imine (C=N–C) groups is 1. The minimum absolute atomic E-state index is 0. The number of nitrogens with zero attached hydrogens (tertiary/aromatic N) is 4. The zero-order chi connectivity index (χ0) is 19.9. The quantitative estimate of drug-likeness (QED) is 0.278. The van der Waals surface area contributed by atoms with E-state index in [2.05, 4.69) is 32.5 Å². The number of hydrogen-bond acceptors (Lipinski definition) is 4. The van der Waals surface area contributed by atoms with Crippen molar-refractivity contribution in [3.8, 4) is 5.69 Å². The number of nitrogens with one attached hydrogen (secondary N) is 2. The Hall–Kier alpha value is -2.01. The molecule has 2 aromatic heterocycles.